The lowest BCUT2D eigenvalue weighted by molar-refractivity contribution is 1.38. The molecule has 1 aromatic heterocycles. The third-order valence-corrected chi connectivity index (χ3v) is 3.26. The number of hydrogen-bond acceptors (Lipinski definition) is 1. The number of rotatable bonds is 1. The maximum atomic E-state index is 5.88. The Morgan fingerprint density at radius 3 is 2.71 bits per heavy atom. The standard InChI is InChI=1S/C10H6BrCl2N/c11-5-6-1-2-9-7(3-6)4-8(12)10(13)14-9/h1-4H,5H2. The number of nitrogens with zero attached hydrogens (tertiary/aromatic N) is 1. The Morgan fingerprint density at radius 2 is 2.00 bits per heavy atom. The lowest BCUT2D eigenvalue weighted by Crippen LogP contribution is -1.83. The first-order chi connectivity index (χ1) is 6.70. The van der Waals surface area contributed by atoms with Crippen molar-refractivity contribution in [2.75, 3.05) is 0 Å². The summed E-state index contributed by atoms with van der Waals surface area (Å²) < 4.78 is 0. The fourth-order valence-electron chi connectivity index (χ4n) is 1.26. The minimum absolute atomic E-state index is 0.353. The molecular weight excluding hydrogens is 285 g/mol. The summed E-state index contributed by atoms with van der Waals surface area (Å²) in [5.74, 6) is 0. The summed E-state index contributed by atoms with van der Waals surface area (Å²) >= 11 is 15.1. The quantitative estimate of drug-likeness (QED) is 0.559. The summed E-state index contributed by atoms with van der Waals surface area (Å²) in [6.07, 6.45) is 0. The third kappa shape index (κ3) is 1.88. The van der Waals surface area contributed by atoms with Crippen molar-refractivity contribution in [3.63, 3.8) is 0 Å². The van der Waals surface area contributed by atoms with Crippen LogP contribution >= 0.6 is 39.1 Å². The molecule has 1 aromatic carbocycles. The Bertz CT molecular complexity index is 485. The predicted molar refractivity (Wildman–Crippen MR) is 64.4 cm³/mol. The molecule has 0 aliphatic rings. The molecule has 0 N–H and O–H groups in total. The van der Waals surface area contributed by atoms with Crippen LogP contribution in [0.3, 0.4) is 0 Å². The fraction of sp³-hybridized carbons (Fsp3) is 0.100. The van der Waals surface area contributed by atoms with Crippen LogP contribution in [0.2, 0.25) is 10.2 Å². The molecule has 0 aliphatic carbocycles. The second kappa shape index (κ2) is 4.05. The zero-order valence-corrected chi connectivity index (χ0v) is 10.2. The van der Waals surface area contributed by atoms with E-state index in [1.54, 1.807) is 0 Å². The summed E-state index contributed by atoms with van der Waals surface area (Å²) in [6, 6.07) is 7.82. The van der Waals surface area contributed by atoms with Crippen LogP contribution in [0.15, 0.2) is 24.3 Å². The highest BCUT2D eigenvalue weighted by Crippen LogP contribution is 2.25. The van der Waals surface area contributed by atoms with Gasteiger partial charge in [-0.25, -0.2) is 4.98 Å². The van der Waals surface area contributed by atoms with Gasteiger partial charge in [-0.15, -0.1) is 0 Å². The monoisotopic (exact) mass is 289 g/mol. The van der Waals surface area contributed by atoms with Crippen LogP contribution in [0, 0.1) is 0 Å². The molecule has 0 spiro atoms. The van der Waals surface area contributed by atoms with Gasteiger partial charge >= 0.3 is 0 Å². The van der Waals surface area contributed by atoms with E-state index >= 15 is 0 Å². The molecule has 1 heterocycles. The first-order valence-electron chi connectivity index (χ1n) is 4.01. The van der Waals surface area contributed by atoms with Crippen molar-refractivity contribution in [1.82, 2.24) is 4.98 Å². The number of benzene rings is 1. The van der Waals surface area contributed by atoms with Crippen molar-refractivity contribution < 1.29 is 0 Å². The maximum Gasteiger partial charge on any atom is 0.148 e. The fourth-order valence-corrected chi connectivity index (χ4v) is 1.91. The summed E-state index contributed by atoms with van der Waals surface area (Å²) in [7, 11) is 0. The van der Waals surface area contributed by atoms with Crippen LogP contribution in [-0.2, 0) is 5.33 Å². The topological polar surface area (TPSA) is 12.9 Å². The molecule has 0 radical (unpaired) electrons. The summed E-state index contributed by atoms with van der Waals surface area (Å²) in [5.41, 5.74) is 2.06. The molecule has 1 nitrogen and oxygen atoms in total. The van der Waals surface area contributed by atoms with Crippen molar-refractivity contribution in [2.24, 2.45) is 0 Å². The van der Waals surface area contributed by atoms with E-state index in [-0.39, 0.29) is 0 Å². The number of pyridine rings is 1. The van der Waals surface area contributed by atoms with Crippen molar-refractivity contribution in [2.45, 2.75) is 5.33 Å². The largest absolute Gasteiger partial charge is 0.235 e. The van der Waals surface area contributed by atoms with Gasteiger partial charge in [-0.05, 0) is 23.8 Å². The van der Waals surface area contributed by atoms with Gasteiger partial charge in [0.15, 0.2) is 0 Å². The minimum Gasteiger partial charge on any atom is -0.235 e. The molecule has 0 saturated heterocycles. The van der Waals surface area contributed by atoms with E-state index in [0.717, 1.165) is 16.2 Å². The molecule has 0 bridgehead atoms. The van der Waals surface area contributed by atoms with Gasteiger partial charge in [0.1, 0.15) is 5.15 Å². The van der Waals surface area contributed by atoms with Gasteiger partial charge in [0.05, 0.1) is 10.5 Å². The van der Waals surface area contributed by atoms with Crippen LogP contribution in [0.25, 0.3) is 10.9 Å². The van der Waals surface area contributed by atoms with Gasteiger partial charge in [-0.3, -0.25) is 0 Å². The van der Waals surface area contributed by atoms with E-state index < -0.39 is 0 Å². The normalized spacial score (nSPS) is 10.8. The summed E-state index contributed by atoms with van der Waals surface area (Å²) in [6.45, 7) is 0. The van der Waals surface area contributed by atoms with Gasteiger partial charge in [-0.2, -0.15) is 0 Å². The van der Waals surface area contributed by atoms with E-state index in [0.29, 0.717) is 10.2 Å². The van der Waals surface area contributed by atoms with Crippen LogP contribution in [0.5, 0.6) is 0 Å². The number of alkyl halides is 1. The SMILES string of the molecule is Clc1cc2cc(CBr)ccc2nc1Cl. The van der Waals surface area contributed by atoms with Crippen molar-refractivity contribution in [3.8, 4) is 0 Å². The first kappa shape index (κ1) is 10.2. The molecule has 0 saturated carbocycles. The second-order valence-electron chi connectivity index (χ2n) is 2.92. The Kier molecular flexibility index (Phi) is 2.96. The first-order valence-corrected chi connectivity index (χ1v) is 5.89. The highest BCUT2D eigenvalue weighted by molar-refractivity contribution is 9.08. The van der Waals surface area contributed by atoms with E-state index in [2.05, 4.69) is 20.9 Å². The number of fused-ring (bicyclic) bond motifs is 1. The number of aromatic nitrogens is 1. The highest BCUT2D eigenvalue weighted by atomic mass is 79.9. The molecular formula is C10H6BrCl2N. The average Bonchev–Trinajstić information content (AvgIpc) is 2.19. The zero-order valence-electron chi connectivity index (χ0n) is 7.10. The van der Waals surface area contributed by atoms with Gasteiger partial charge in [-0.1, -0.05) is 45.2 Å². The summed E-state index contributed by atoms with van der Waals surface area (Å²) in [5, 5.41) is 2.68. The Morgan fingerprint density at radius 1 is 1.21 bits per heavy atom. The van der Waals surface area contributed by atoms with Gasteiger partial charge in [0.25, 0.3) is 0 Å². The van der Waals surface area contributed by atoms with Gasteiger partial charge in [0.2, 0.25) is 0 Å². The molecule has 72 valence electrons. The lowest BCUT2D eigenvalue weighted by atomic mass is 10.1. The van der Waals surface area contributed by atoms with Gasteiger partial charge in [0, 0.05) is 10.7 Å². The van der Waals surface area contributed by atoms with Crippen molar-refractivity contribution in [1.29, 1.82) is 0 Å². The maximum absolute atomic E-state index is 5.88. The second-order valence-corrected chi connectivity index (χ2v) is 4.25. The Balaban J connectivity index is 2.70. The zero-order chi connectivity index (χ0) is 10.1. The molecule has 2 rings (SSSR count). The van der Waals surface area contributed by atoms with Gasteiger partial charge < -0.3 is 0 Å². The van der Waals surface area contributed by atoms with E-state index in [1.807, 2.05) is 24.3 Å². The molecule has 0 unspecified atom stereocenters. The smallest absolute Gasteiger partial charge is 0.148 e. The molecule has 4 heteroatoms. The average molecular weight is 291 g/mol. The lowest BCUT2D eigenvalue weighted by Gasteiger charge is -2.01. The minimum atomic E-state index is 0.353. The number of hydrogen-bond donors (Lipinski definition) is 0. The molecule has 0 aliphatic heterocycles. The Hall–Kier alpha value is -0.310. The van der Waals surface area contributed by atoms with Crippen molar-refractivity contribution in [3.05, 3.63) is 40.0 Å². The predicted octanol–water partition coefficient (Wildman–Crippen LogP) is 4.44. The molecule has 2 aromatic rings. The van der Waals surface area contributed by atoms with Crippen molar-refractivity contribution >= 4 is 50.0 Å². The third-order valence-electron chi connectivity index (χ3n) is 1.94. The van der Waals surface area contributed by atoms with E-state index in [9.17, 15) is 0 Å². The molecule has 0 fully saturated rings. The summed E-state index contributed by atoms with van der Waals surface area (Å²) in [4.78, 5) is 4.17. The Labute approximate surface area is 100 Å². The van der Waals surface area contributed by atoms with Crippen LogP contribution < -0.4 is 0 Å². The molecule has 0 amide bonds. The molecule has 14 heavy (non-hydrogen) atoms. The van der Waals surface area contributed by atoms with Crippen LogP contribution in [0.4, 0.5) is 0 Å². The highest BCUT2D eigenvalue weighted by Gasteiger charge is 2.02. The molecule has 0 atom stereocenters. The van der Waals surface area contributed by atoms with Crippen LogP contribution in [-0.4, -0.2) is 4.98 Å². The van der Waals surface area contributed by atoms with E-state index in [1.165, 1.54) is 5.56 Å². The van der Waals surface area contributed by atoms with E-state index in [4.69, 9.17) is 23.2 Å². The van der Waals surface area contributed by atoms with Crippen LogP contribution in [0.1, 0.15) is 5.56 Å². The number of halogens is 3.